The van der Waals surface area contributed by atoms with Crippen LogP contribution in [0.25, 0.3) is 0 Å². The van der Waals surface area contributed by atoms with Gasteiger partial charge in [-0.05, 0) is 12.8 Å². The monoisotopic (exact) mass is 329 g/mol. The van der Waals surface area contributed by atoms with Crippen LogP contribution in [0.1, 0.15) is 26.2 Å². The van der Waals surface area contributed by atoms with Crippen LogP contribution in [-0.2, 0) is 19.2 Å². The number of piperidine rings is 1. The van der Waals surface area contributed by atoms with Crippen molar-refractivity contribution in [1.82, 2.24) is 15.1 Å². The van der Waals surface area contributed by atoms with E-state index in [0.29, 0.717) is 6.41 Å². The van der Waals surface area contributed by atoms with E-state index < -0.39 is 23.5 Å². The van der Waals surface area contributed by atoms with Crippen LogP contribution in [0.5, 0.6) is 0 Å². The number of aliphatic hydroxyl groups is 1. The van der Waals surface area contributed by atoms with Crippen molar-refractivity contribution in [3.05, 3.63) is 0 Å². The Bertz CT molecular complexity index is 473. The minimum Gasteiger partial charge on any atom is -0.480 e. The van der Waals surface area contributed by atoms with E-state index in [1.807, 2.05) is 0 Å². The summed E-state index contributed by atoms with van der Waals surface area (Å²) in [7, 11) is 1.53. The summed E-state index contributed by atoms with van der Waals surface area (Å²) in [6.07, 6.45) is 0.717. The molecule has 0 aromatic heterocycles. The summed E-state index contributed by atoms with van der Waals surface area (Å²) < 4.78 is 0. The summed E-state index contributed by atoms with van der Waals surface area (Å²) in [5.41, 5.74) is -1.60. The first kappa shape index (κ1) is 18.9. The van der Waals surface area contributed by atoms with Crippen molar-refractivity contribution in [2.24, 2.45) is 0 Å². The number of amides is 3. The number of likely N-dealkylation sites (tertiary alicyclic amines) is 1. The summed E-state index contributed by atoms with van der Waals surface area (Å²) in [5, 5.41) is 22.2. The van der Waals surface area contributed by atoms with Gasteiger partial charge in [-0.15, -0.1) is 0 Å². The van der Waals surface area contributed by atoms with Gasteiger partial charge in [-0.25, -0.2) is 4.79 Å². The molecule has 0 radical (unpaired) electrons. The van der Waals surface area contributed by atoms with Gasteiger partial charge >= 0.3 is 5.97 Å². The number of carbonyl (C=O) groups excluding carboxylic acids is 3. The molecule has 0 aromatic carbocycles. The summed E-state index contributed by atoms with van der Waals surface area (Å²) in [6.45, 7) is 1.98. The first-order valence-corrected chi connectivity index (χ1v) is 7.35. The number of hydrogen-bond donors (Lipinski definition) is 3. The zero-order valence-corrected chi connectivity index (χ0v) is 13.3. The van der Waals surface area contributed by atoms with Crippen LogP contribution in [0, 0.1) is 0 Å². The Morgan fingerprint density at radius 1 is 1.35 bits per heavy atom. The van der Waals surface area contributed by atoms with Gasteiger partial charge in [0.25, 0.3) is 0 Å². The quantitative estimate of drug-likeness (QED) is 0.483. The molecular weight excluding hydrogens is 306 g/mol. The molecule has 0 aliphatic carbocycles. The lowest BCUT2D eigenvalue weighted by Crippen LogP contribution is -2.61. The average Bonchev–Trinajstić information content (AvgIpc) is 2.50. The van der Waals surface area contributed by atoms with Gasteiger partial charge in [0.05, 0.1) is 5.60 Å². The smallest absolute Gasteiger partial charge is 0.329 e. The number of carboxylic acids is 1. The molecule has 9 heteroatoms. The highest BCUT2D eigenvalue weighted by atomic mass is 16.4. The van der Waals surface area contributed by atoms with Gasteiger partial charge < -0.3 is 25.3 Å². The molecule has 3 amide bonds. The lowest BCUT2D eigenvalue weighted by atomic mass is 9.84. The van der Waals surface area contributed by atoms with E-state index >= 15 is 0 Å². The Morgan fingerprint density at radius 3 is 2.35 bits per heavy atom. The van der Waals surface area contributed by atoms with Crippen molar-refractivity contribution in [3.8, 4) is 0 Å². The van der Waals surface area contributed by atoms with Crippen LogP contribution >= 0.6 is 0 Å². The van der Waals surface area contributed by atoms with Crippen LogP contribution in [-0.4, -0.2) is 82.5 Å². The maximum Gasteiger partial charge on any atom is 0.329 e. The SMILES string of the molecule is CC(=O)N(C)CCC(=O)NC(C(=O)O)C1(O)CCN(C=O)CC1. The molecule has 3 N–H and O–H groups in total. The molecule has 1 aliphatic rings. The minimum atomic E-state index is -1.60. The molecule has 1 saturated heterocycles. The zero-order chi connectivity index (χ0) is 17.6. The first-order valence-electron chi connectivity index (χ1n) is 7.35. The third kappa shape index (κ3) is 5.20. The van der Waals surface area contributed by atoms with Gasteiger partial charge in [-0.2, -0.15) is 0 Å². The molecule has 1 atom stereocenters. The van der Waals surface area contributed by atoms with Crippen LogP contribution in [0.4, 0.5) is 0 Å². The largest absolute Gasteiger partial charge is 0.480 e. The molecule has 1 rings (SSSR count). The van der Waals surface area contributed by atoms with Crippen LogP contribution in [0.3, 0.4) is 0 Å². The Morgan fingerprint density at radius 2 is 1.91 bits per heavy atom. The van der Waals surface area contributed by atoms with E-state index in [0.717, 1.165) is 0 Å². The summed E-state index contributed by atoms with van der Waals surface area (Å²) in [6, 6.07) is -1.45. The molecule has 9 nitrogen and oxygen atoms in total. The molecule has 1 aliphatic heterocycles. The number of nitrogens with one attached hydrogen (secondary N) is 1. The van der Waals surface area contributed by atoms with Crippen molar-refractivity contribution >= 4 is 24.2 Å². The molecule has 130 valence electrons. The third-order valence-electron chi connectivity index (χ3n) is 4.11. The second kappa shape index (κ2) is 7.91. The Hall–Kier alpha value is -2.16. The maximum atomic E-state index is 11.9. The topological polar surface area (TPSA) is 127 Å². The van der Waals surface area contributed by atoms with E-state index in [4.69, 9.17) is 0 Å². The van der Waals surface area contributed by atoms with Crippen molar-refractivity contribution in [3.63, 3.8) is 0 Å². The van der Waals surface area contributed by atoms with Crippen LogP contribution in [0.2, 0.25) is 0 Å². The number of nitrogens with zero attached hydrogens (tertiary/aromatic N) is 2. The second-order valence-electron chi connectivity index (χ2n) is 5.77. The number of carboxylic acid groups (broad SMARTS) is 1. The van der Waals surface area contributed by atoms with Gasteiger partial charge in [0.15, 0.2) is 6.04 Å². The maximum absolute atomic E-state index is 11.9. The molecule has 1 unspecified atom stereocenters. The molecule has 0 spiro atoms. The van der Waals surface area contributed by atoms with Crippen molar-refractivity contribution in [2.45, 2.75) is 37.8 Å². The minimum absolute atomic E-state index is 0.0591. The van der Waals surface area contributed by atoms with E-state index in [-0.39, 0.29) is 44.8 Å². The van der Waals surface area contributed by atoms with E-state index in [9.17, 15) is 29.4 Å². The normalized spacial score (nSPS) is 18.0. The number of rotatable bonds is 7. The van der Waals surface area contributed by atoms with Gasteiger partial charge in [-0.3, -0.25) is 14.4 Å². The molecule has 1 heterocycles. The van der Waals surface area contributed by atoms with Gasteiger partial charge in [0.2, 0.25) is 18.2 Å². The molecule has 1 fully saturated rings. The molecule has 0 saturated carbocycles. The standard InChI is InChI=1S/C14H23N3O6/c1-10(19)16(2)6-3-11(20)15-12(13(21)22)14(23)4-7-17(9-18)8-5-14/h9,12,23H,3-8H2,1-2H3,(H,15,20)(H,21,22). The fourth-order valence-electron chi connectivity index (χ4n) is 2.39. The average molecular weight is 329 g/mol. The van der Waals surface area contributed by atoms with Crippen LogP contribution < -0.4 is 5.32 Å². The van der Waals surface area contributed by atoms with E-state index in [2.05, 4.69) is 5.32 Å². The fraction of sp³-hybridized carbons (Fsp3) is 0.714. The Balaban J connectivity index is 2.65. The Kier molecular flexibility index (Phi) is 6.49. The second-order valence-corrected chi connectivity index (χ2v) is 5.77. The molecular formula is C14H23N3O6. The molecule has 23 heavy (non-hydrogen) atoms. The van der Waals surface area contributed by atoms with E-state index in [1.165, 1.54) is 23.8 Å². The number of hydrogen-bond acceptors (Lipinski definition) is 5. The van der Waals surface area contributed by atoms with Gasteiger partial charge in [-0.1, -0.05) is 0 Å². The van der Waals surface area contributed by atoms with Crippen molar-refractivity contribution in [1.29, 1.82) is 0 Å². The summed E-state index contributed by atoms with van der Waals surface area (Å²) >= 11 is 0. The van der Waals surface area contributed by atoms with Crippen LogP contribution in [0.15, 0.2) is 0 Å². The Labute approximate surface area is 134 Å². The van der Waals surface area contributed by atoms with Gasteiger partial charge in [0, 0.05) is 40.0 Å². The predicted octanol–water partition coefficient (Wildman–Crippen LogP) is -1.59. The molecule has 0 bridgehead atoms. The highest BCUT2D eigenvalue weighted by Gasteiger charge is 2.44. The highest BCUT2D eigenvalue weighted by molar-refractivity contribution is 5.85. The van der Waals surface area contributed by atoms with Crippen molar-refractivity contribution in [2.75, 3.05) is 26.7 Å². The number of carbonyl (C=O) groups is 4. The predicted molar refractivity (Wildman–Crippen MR) is 79.3 cm³/mol. The number of aliphatic carboxylic acids is 1. The third-order valence-corrected chi connectivity index (χ3v) is 4.11. The summed E-state index contributed by atoms with van der Waals surface area (Å²) in [4.78, 5) is 47.8. The van der Waals surface area contributed by atoms with Gasteiger partial charge in [0.1, 0.15) is 0 Å². The fourth-order valence-corrected chi connectivity index (χ4v) is 2.39. The lowest BCUT2D eigenvalue weighted by molar-refractivity contribution is -0.154. The zero-order valence-electron chi connectivity index (χ0n) is 13.3. The lowest BCUT2D eigenvalue weighted by Gasteiger charge is -2.40. The first-order chi connectivity index (χ1) is 10.7. The highest BCUT2D eigenvalue weighted by Crippen LogP contribution is 2.25. The van der Waals surface area contributed by atoms with Crippen molar-refractivity contribution < 1.29 is 29.4 Å². The summed E-state index contributed by atoms with van der Waals surface area (Å²) in [5.74, 6) is -2.09. The van der Waals surface area contributed by atoms with E-state index in [1.54, 1.807) is 0 Å². The molecule has 0 aromatic rings.